The van der Waals surface area contributed by atoms with E-state index in [0.29, 0.717) is 12.8 Å². The van der Waals surface area contributed by atoms with E-state index in [2.05, 4.69) is 20.9 Å². The van der Waals surface area contributed by atoms with Crippen LogP contribution in [0.4, 0.5) is 4.39 Å². The molecule has 2 rings (SSSR count). The minimum atomic E-state index is -1.11. The third kappa shape index (κ3) is 1.91. The number of hydrogen-bond acceptors (Lipinski definition) is 4. The monoisotopic (exact) mass is 315 g/mol. The summed E-state index contributed by atoms with van der Waals surface area (Å²) in [5.74, 6) is -1.70. The smallest absolute Gasteiger partial charge is 0.235 e. The van der Waals surface area contributed by atoms with Crippen LogP contribution >= 0.6 is 15.9 Å². The lowest BCUT2D eigenvalue weighted by Crippen LogP contribution is -2.21. The molecule has 4 nitrogen and oxygen atoms in total. The number of phenolic OH excluding ortho intramolecular Hbond substituents is 2. The predicted molar refractivity (Wildman–Crippen MR) is 65.7 cm³/mol. The first-order chi connectivity index (χ1) is 8.52. The Morgan fingerprint density at radius 2 is 2.00 bits per heavy atom. The Hall–Kier alpha value is -1.39. The van der Waals surface area contributed by atoms with E-state index in [1.165, 1.54) is 6.08 Å². The summed E-state index contributed by atoms with van der Waals surface area (Å²) in [5, 5.41) is 19.4. The van der Waals surface area contributed by atoms with Crippen molar-refractivity contribution in [1.82, 2.24) is 0 Å². The van der Waals surface area contributed by atoms with Gasteiger partial charge in [-0.1, -0.05) is 12.8 Å². The van der Waals surface area contributed by atoms with Crippen molar-refractivity contribution in [2.24, 2.45) is 4.99 Å². The van der Waals surface area contributed by atoms with Crippen LogP contribution in [0.15, 0.2) is 15.5 Å². The lowest BCUT2D eigenvalue weighted by molar-refractivity contribution is 0.358. The van der Waals surface area contributed by atoms with Crippen LogP contribution in [0.25, 0.3) is 0 Å². The van der Waals surface area contributed by atoms with Crippen LogP contribution in [0, 0.1) is 5.82 Å². The van der Waals surface area contributed by atoms with Crippen LogP contribution < -0.4 is 0 Å². The SMILES string of the molecule is O=C=NC1(c2c(O)c(O)cc(Br)c2F)CCCC1. The quantitative estimate of drug-likeness (QED) is 0.500. The Kier molecular flexibility index (Phi) is 3.41. The molecule has 0 aliphatic heterocycles. The molecule has 0 spiro atoms. The molecule has 1 fully saturated rings. The zero-order chi connectivity index (χ0) is 13.3. The largest absolute Gasteiger partial charge is 0.504 e. The minimum absolute atomic E-state index is 0.0279. The van der Waals surface area contributed by atoms with Gasteiger partial charge in [0.1, 0.15) is 11.4 Å². The fourth-order valence-electron chi connectivity index (χ4n) is 2.49. The third-order valence-corrected chi connectivity index (χ3v) is 3.90. The second-order valence-corrected chi connectivity index (χ2v) is 5.21. The van der Waals surface area contributed by atoms with Gasteiger partial charge >= 0.3 is 0 Å². The second kappa shape index (κ2) is 4.71. The van der Waals surface area contributed by atoms with Gasteiger partial charge in [0, 0.05) is 6.07 Å². The highest BCUT2D eigenvalue weighted by Gasteiger charge is 2.41. The third-order valence-electron chi connectivity index (χ3n) is 3.33. The molecule has 0 bridgehead atoms. The molecule has 2 N–H and O–H groups in total. The van der Waals surface area contributed by atoms with Crippen LogP contribution in [0.3, 0.4) is 0 Å². The number of halogens is 2. The van der Waals surface area contributed by atoms with Crippen LogP contribution in [0.5, 0.6) is 11.5 Å². The van der Waals surface area contributed by atoms with Crippen molar-refractivity contribution in [2.75, 3.05) is 0 Å². The van der Waals surface area contributed by atoms with E-state index in [9.17, 15) is 19.4 Å². The van der Waals surface area contributed by atoms with E-state index in [-0.39, 0.29) is 10.0 Å². The normalized spacial score (nSPS) is 17.4. The Bertz CT molecular complexity index is 508. The van der Waals surface area contributed by atoms with Gasteiger partial charge in [-0.2, -0.15) is 4.99 Å². The molecular formula is C12H11BrFNO3. The minimum Gasteiger partial charge on any atom is -0.504 e. The maximum Gasteiger partial charge on any atom is 0.235 e. The van der Waals surface area contributed by atoms with Crippen LogP contribution in [0.2, 0.25) is 0 Å². The van der Waals surface area contributed by atoms with E-state index >= 15 is 0 Å². The van der Waals surface area contributed by atoms with Crippen LogP contribution in [-0.4, -0.2) is 16.3 Å². The number of rotatable bonds is 2. The summed E-state index contributed by atoms with van der Waals surface area (Å²) in [5.41, 5.74) is -1.24. The Labute approximate surface area is 111 Å². The fraction of sp³-hybridized carbons (Fsp3) is 0.417. The van der Waals surface area contributed by atoms with Crippen molar-refractivity contribution < 1.29 is 19.4 Å². The summed E-state index contributed by atoms with van der Waals surface area (Å²) in [7, 11) is 0. The average Bonchev–Trinajstić information content (AvgIpc) is 2.77. The lowest BCUT2D eigenvalue weighted by atomic mass is 9.87. The van der Waals surface area contributed by atoms with Gasteiger partial charge in [0.05, 0.1) is 10.0 Å². The molecule has 0 aromatic heterocycles. The first kappa shape index (κ1) is 13.1. The van der Waals surface area contributed by atoms with Crippen molar-refractivity contribution in [3.05, 3.63) is 21.9 Å². The van der Waals surface area contributed by atoms with E-state index in [1.807, 2.05) is 0 Å². The number of benzene rings is 1. The summed E-state index contributed by atoms with van der Waals surface area (Å²) in [6, 6.07) is 1.07. The van der Waals surface area contributed by atoms with Gasteiger partial charge in [0.25, 0.3) is 0 Å². The molecule has 0 amide bonds. The number of nitrogens with zero attached hydrogens (tertiary/aromatic N) is 1. The Balaban J connectivity index is 2.72. The van der Waals surface area contributed by atoms with Gasteiger partial charge < -0.3 is 10.2 Å². The van der Waals surface area contributed by atoms with Gasteiger partial charge in [-0.3, -0.25) is 0 Å². The van der Waals surface area contributed by atoms with Crippen molar-refractivity contribution in [3.8, 4) is 11.5 Å². The van der Waals surface area contributed by atoms with Crippen molar-refractivity contribution in [1.29, 1.82) is 0 Å². The van der Waals surface area contributed by atoms with E-state index in [4.69, 9.17) is 0 Å². The number of carbonyl (C=O) groups excluding carboxylic acids is 1. The molecule has 1 saturated carbocycles. The molecule has 1 aliphatic carbocycles. The molecular weight excluding hydrogens is 305 g/mol. The summed E-state index contributed by atoms with van der Waals surface area (Å²) < 4.78 is 14.2. The Morgan fingerprint density at radius 1 is 1.39 bits per heavy atom. The first-order valence-electron chi connectivity index (χ1n) is 5.51. The molecule has 1 aromatic rings. The van der Waals surface area contributed by atoms with E-state index in [1.54, 1.807) is 0 Å². The topological polar surface area (TPSA) is 69.9 Å². The second-order valence-electron chi connectivity index (χ2n) is 4.36. The molecule has 0 saturated heterocycles. The van der Waals surface area contributed by atoms with Gasteiger partial charge in [0.15, 0.2) is 11.5 Å². The fourth-order valence-corrected chi connectivity index (χ4v) is 2.91. The molecule has 0 unspecified atom stereocenters. The van der Waals surface area contributed by atoms with E-state index in [0.717, 1.165) is 18.9 Å². The van der Waals surface area contributed by atoms with Crippen molar-refractivity contribution >= 4 is 22.0 Å². The Morgan fingerprint density at radius 3 is 2.56 bits per heavy atom. The zero-order valence-corrected chi connectivity index (χ0v) is 11.0. The molecule has 18 heavy (non-hydrogen) atoms. The average molecular weight is 316 g/mol. The van der Waals surface area contributed by atoms with Crippen LogP contribution in [-0.2, 0) is 10.3 Å². The summed E-state index contributed by atoms with van der Waals surface area (Å²) in [6.45, 7) is 0. The number of hydrogen-bond donors (Lipinski definition) is 2. The summed E-state index contributed by atoms with van der Waals surface area (Å²) in [6.07, 6.45) is 3.89. The van der Waals surface area contributed by atoms with Crippen molar-refractivity contribution in [3.63, 3.8) is 0 Å². The number of isocyanates is 1. The van der Waals surface area contributed by atoms with Gasteiger partial charge in [-0.15, -0.1) is 0 Å². The molecule has 0 atom stereocenters. The number of aliphatic imine (C=N–C) groups is 1. The van der Waals surface area contributed by atoms with Gasteiger partial charge in [-0.05, 0) is 28.8 Å². The molecule has 1 aliphatic rings. The highest BCUT2D eigenvalue weighted by Crippen LogP contribution is 2.50. The highest BCUT2D eigenvalue weighted by molar-refractivity contribution is 9.10. The predicted octanol–water partition coefficient (Wildman–Crippen LogP) is 3.10. The number of phenols is 2. The number of aromatic hydroxyl groups is 2. The molecule has 1 aromatic carbocycles. The maximum atomic E-state index is 14.2. The molecule has 96 valence electrons. The zero-order valence-electron chi connectivity index (χ0n) is 9.41. The van der Waals surface area contributed by atoms with Crippen LogP contribution in [0.1, 0.15) is 31.2 Å². The van der Waals surface area contributed by atoms with Gasteiger partial charge in [0.2, 0.25) is 6.08 Å². The first-order valence-corrected chi connectivity index (χ1v) is 6.30. The summed E-state index contributed by atoms with van der Waals surface area (Å²) in [4.78, 5) is 14.3. The maximum absolute atomic E-state index is 14.2. The highest BCUT2D eigenvalue weighted by atomic mass is 79.9. The summed E-state index contributed by atoms with van der Waals surface area (Å²) >= 11 is 2.97. The molecule has 6 heteroatoms. The molecule has 0 heterocycles. The lowest BCUT2D eigenvalue weighted by Gasteiger charge is -2.25. The van der Waals surface area contributed by atoms with Gasteiger partial charge in [-0.25, -0.2) is 9.18 Å². The standard InChI is InChI=1S/C12H11BrFNO3/c13-7-5-8(17)11(18)9(10(7)14)12(15-6-16)3-1-2-4-12/h5,17-18H,1-4H2. The van der Waals surface area contributed by atoms with Crippen molar-refractivity contribution in [2.45, 2.75) is 31.2 Å². The molecule has 0 radical (unpaired) electrons. The van der Waals surface area contributed by atoms with E-state index < -0.39 is 22.9 Å².